The summed E-state index contributed by atoms with van der Waals surface area (Å²) >= 11 is 3.32. The van der Waals surface area contributed by atoms with Crippen molar-refractivity contribution >= 4 is 28.2 Å². The van der Waals surface area contributed by atoms with Gasteiger partial charge in [-0.25, -0.2) is 4.98 Å². The van der Waals surface area contributed by atoms with Crippen LogP contribution >= 0.6 is 23.1 Å². The number of hydrogen-bond acceptors (Lipinski definition) is 6. The van der Waals surface area contributed by atoms with Crippen LogP contribution < -0.4 is 5.32 Å². The molecule has 1 aliphatic carbocycles. The number of thioether (sulfide) groups is 1. The highest BCUT2D eigenvalue weighted by Crippen LogP contribution is 2.31. The van der Waals surface area contributed by atoms with Crippen molar-refractivity contribution in [1.82, 2.24) is 19.7 Å². The van der Waals surface area contributed by atoms with Crippen LogP contribution in [0.25, 0.3) is 0 Å². The van der Waals surface area contributed by atoms with Gasteiger partial charge in [-0.15, -0.1) is 10.2 Å². The molecule has 3 aromatic rings. The molecule has 23 heavy (non-hydrogen) atoms. The third kappa shape index (κ3) is 3.92. The van der Waals surface area contributed by atoms with Crippen molar-refractivity contribution in [2.75, 3.05) is 5.32 Å². The number of aromatic nitrogens is 4. The van der Waals surface area contributed by atoms with E-state index in [1.807, 2.05) is 18.5 Å². The SMILES string of the molecule is c1ccc(Cn2ccnc2CSc2nnc(NC3CC3)s2)cc1. The number of anilines is 1. The van der Waals surface area contributed by atoms with Crippen LogP contribution in [0.4, 0.5) is 5.13 Å². The first-order valence-electron chi connectivity index (χ1n) is 7.63. The quantitative estimate of drug-likeness (QED) is 0.664. The van der Waals surface area contributed by atoms with Crippen molar-refractivity contribution in [3.63, 3.8) is 0 Å². The normalized spacial score (nSPS) is 14.1. The first-order valence-corrected chi connectivity index (χ1v) is 9.44. The Labute approximate surface area is 143 Å². The van der Waals surface area contributed by atoms with Gasteiger partial charge in [-0.2, -0.15) is 0 Å². The van der Waals surface area contributed by atoms with Crippen LogP contribution in [0.15, 0.2) is 47.1 Å². The van der Waals surface area contributed by atoms with Gasteiger partial charge in [-0.3, -0.25) is 0 Å². The van der Waals surface area contributed by atoms with E-state index >= 15 is 0 Å². The molecule has 0 saturated heterocycles. The molecule has 0 spiro atoms. The highest BCUT2D eigenvalue weighted by Gasteiger charge is 2.22. The average molecular weight is 343 g/mol. The summed E-state index contributed by atoms with van der Waals surface area (Å²) in [4.78, 5) is 4.48. The smallest absolute Gasteiger partial charge is 0.206 e. The molecule has 1 saturated carbocycles. The maximum atomic E-state index is 4.48. The van der Waals surface area contributed by atoms with Crippen LogP contribution in [0.1, 0.15) is 24.2 Å². The van der Waals surface area contributed by atoms with Crippen LogP contribution in [0.3, 0.4) is 0 Å². The predicted octanol–water partition coefficient (Wildman–Crippen LogP) is 3.65. The van der Waals surface area contributed by atoms with Crippen molar-refractivity contribution in [3.8, 4) is 0 Å². The summed E-state index contributed by atoms with van der Waals surface area (Å²) in [5.41, 5.74) is 1.28. The molecule has 1 aliphatic rings. The minimum atomic E-state index is 0.616. The number of imidazole rings is 1. The molecule has 0 aliphatic heterocycles. The van der Waals surface area contributed by atoms with Gasteiger partial charge in [-0.1, -0.05) is 53.4 Å². The highest BCUT2D eigenvalue weighted by atomic mass is 32.2. The molecule has 2 aromatic heterocycles. The van der Waals surface area contributed by atoms with Gasteiger partial charge in [0.05, 0.1) is 5.75 Å². The number of hydrogen-bond donors (Lipinski definition) is 1. The summed E-state index contributed by atoms with van der Waals surface area (Å²) in [6, 6.07) is 11.1. The Bertz CT molecular complexity index is 764. The Hall–Kier alpha value is -1.86. The van der Waals surface area contributed by atoms with Crippen LogP contribution in [-0.2, 0) is 12.3 Å². The van der Waals surface area contributed by atoms with Gasteiger partial charge >= 0.3 is 0 Å². The third-order valence-corrected chi connectivity index (χ3v) is 5.62. The lowest BCUT2D eigenvalue weighted by atomic mass is 10.2. The van der Waals surface area contributed by atoms with Gasteiger partial charge in [-0.05, 0) is 18.4 Å². The molecule has 0 unspecified atom stereocenters. The average Bonchev–Trinajstić information content (AvgIpc) is 3.09. The molecule has 0 atom stereocenters. The molecular weight excluding hydrogens is 326 g/mol. The minimum absolute atomic E-state index is 0.616. The Balaban J connectivity index is 1.37. The van der Waals surface area contributed by atoms with E-state index in [9.17, 15) is 0 Å². The van der Waals surface area contributed by atoms with E-state index in [0.29, 0.717) is 6.04 Å². The predicted molar refractivity (Wildman–Crippen MR) is 93.9 cm³/mol. The van der Waals surface area contributed by atoms with Crippen molar-refractivity contribution in [3.05, 3.63) is 54.1 Å². The summed E-state index contributed by atoms with van der Waals surface area (Å²) in [7, 11) is 0. The summed E-state index contributed by atoms with van der Waals surface area (Å²) in [5, 5.41) is 12.8. The zero-order valence-electron chi connectivity index (χ0n) is 12.6. The molecular formula is C16H17N5S2. The van der Waals surface area contributed by atoms with Crippen molar-refractivity contribution < 1.29 is 0 Å². The van der Waals surface area contributed by atoms with Gasteiger partial charge in [0.25, 0.3) is 0 Å². The van der Waals surface area contributed by atoms with Crippen LogP contribution in [0, 0.1) is 0 Å². The van der Waals surface area contributed by atoms with Gasteiger partial charge in [0.2, 0.25) is 5.13 Å². The summed E-state index contributed by atoms with van der Waals surface area (Å²) in [5.74, 6) is 1.86. The zero-order chi connectivity index (χ0) is 15.5. The second kappa shape index (κ2) is 6.72. The fraction of sp³-hybridized carbons (Fsp3) is 0.312. The summed E-state index contributed by atoms with van der Waals surface area (Å²) in [6.45, 7) is 0.849. The molecule has 7 heteroatoms. The second-order valence-electron chi connectivity index (χ2n) is 5.54. The fourth-order valence-corrected chi connectivity index (χ4v) is 4.05. The van der Waals surface area contributed by atoms with E-state index in [2.05, 4.69) is 49.3 Å². The first kappa shape index (κ1) is 14.7. The van der Waals surface area contributed by atoms with E-state index < -0.39 is 0 Å². The lowest BCUT2D eigenvalue weighted by Crippen LogP contribution is -2.03. The maximum absolute atomic E-state index is 4.48. The molecule has 2 heterocycles. The largest absolute Gasteiger partial charge is 0.357 e. The van der Waals surface area contributed by atoms with Crippen molar-refractivity contribution in [2.24, 2.45) is 0 Å². The summed E-state index contributed by atoms with van der Waals surface area (Å²) < 4.78 is 3.18. The van der Waals surface area contributed by atoms with Gasteiger partial charge < -0.3 is 9.88 Å². The van der Waals surface area contributed by atoms with E-state index in [-0.39, 0.29) is 0 Å². The number of nitrogens with one attached hydrogen (secondary N) is 1. The van der Waals surface area contributed by atoms with Crippen LogP contribution in [0.2, 0.25) is 0 Å². The Kier molecular flexibility index (Phi) is 4.30. The molecule has 0 amide bonds. The zero-order valence-corrected chi connectivity index (χ0v) is 14.2. The molecule has 4 rings (SSSR count). The van der Waals surface area contributed by atoms with E-state index in [0.717, 1.165) is 27.6 Å². The van der Waals surface area contributed by atoms with Gasteiger partial charge in [0, 0.05) is 25.0 Å². The standard InChI is InChI=1S/C16H17N5S2/c1-2-4-12(5-3-1)10-21-9-8-17-14(21)11-22-16-20-19-15(23-16)18-13-6-7-13/h1-5,8-9,13H,6-7,10-11H2,(H,18,19). The van der Waals surface area contributed by atoms with E-state index in [1.165, 1.54) is 18.4 Å². The Morgan fingerprint density at radius 3 is 2.91 bits per heavy atom. The molecule has 5 nitrogen and oxygen atoms in total. The Morgan fingerprint density at radius 2 is 2.09 bits per heavy atom. The van der Waals surface area contributed by atoms with Crippen LogP contribution in [0.5, 0.6) is 0 Å². The number of benzene rings is 1. The first-order chi connectivity index (χ1) is 11.4. The number of rotatable bonds is 7. The topological polar surface area (TPSA) is 55.6 Å². The molecule has 0 radical (unpaired) electrons. The van der Waals surface area contributed by atoms with Gasteiger partial charge in [0.15, 0.2) is 4.34 Å². The van der Waals surface area contributed by atoms with Gasteiger partial charge in [0.1, 0.15) is 5.82 Å². The lowest BCUT2D eigenvalue weighted by molar-refractivity contribution is 0.756. The lowest BCUT2D eigenvalue weighted by Gasteiger charge is -2.07. The highest BCUT2D eigenvalue weighted by molar-refractivity contribution is 8.00. The monoisotopic (exact) mass is 343 g/mol. The second-order valence-corrected chi connectivity index (χ2v) is 7.74. The maximum Gasteiger partial charge on any atom is 0.206 e. The number of nitrogens with zero attached hydrogens (tertiary/aromatic N) is 4. The molecule has 118 valence electrons. The third-order valence-electron chi connectivity index (χ3n) is 3.63. The van der Waals surface area contributed by atoms with Crippen LogP contribution in [-0.4, -0.2) is 25.8 Å². The van der Waals surface area contributed by atoms with Crippen molar-refractivity contribution in [1.29, 1.82) is 0 Å². The van der Waals surface area contributed by atoms with E-state index in [1.54, 1.807) is 23.1 Å². The molecule has 1 N–H and O–H groups in total. The summed E-state index contributed by atoms with van der Waals surface area (Å²) in [6.07, 6.45) is 6.39. The molecule has 0 bridgehead atoms. The molecule has 1 fully saturated rings. The fourth-order valence-electron chi connectivity index (χ4n) is 2.26. The van der Waals surface area contributed by atoms with E-state index in [4.69, 9.17) is 0 Å². The Morgan fingerprint density at radius 1 is 1.22 bits per heavy atom. The minimum Gasteiger partial charge on any atom is -0.357 e. The van der Waals surface area contributed by atoms with Crippen molar-refractivity contribution in [2.45, 2.75) is 35.5 Å². The molecule has 1 aromatic carbocycles.